The summed E-state index contributed by atoms with van der Waals surface area (Å²) in [6.45, 7) is 9.24. The summed E-state index contributed by atoms with van der Waals surface area (Å²) in [5.74, 6) is 0.133. The van der Waals surface area contributed by atoms with Gasteiger partial charge in [0.05, 0.1) is 0 Å². The summed E-state index contributed by atoms with van der Waals surface area (Å²) in [5.41, 5.74) is 3.81. The second kappa shape index (κ2) is 6.98. The zero-order valence-corrected chi connectivity index (χ0v) is 17.6. The number of hydrogen-bond donors (Lipinski definition) is 0. The molecule has 1 aliphatic rings. The Bertz CT molecular complexity index is 723. The number of fused-ring (bicyclic) bond motifs is 2. The molecule has 3 nitrogen and oxygen atoms in total. The Morgan fingerprint density at radius 1 is 0.880 bits per heavy atom. The molecule has 0 saturated heterocycles. The van der Waals surface area contributed by atoms with Crippen molar-refractivity contribution >= 4 is 22.4 Å². The van der Waals surface area contributed by atoms with Crippen LogP contribution >= 0.6 is 0 Å². The molecule has 1 aromatic heterocycles. The highest BCUT2D eigenvalue weighted by atomic mass is 28.4. The minimum Gasteiger partial charge on any atom is -0.455 e. The van der Waals surface area contributed by atoms with E-state index < -0.39 is 16.6 Å². The first-order chi connectivity index (χ1) is 11.8. The Labute approximate surface area is 152 Å². The molecule has 0 spiro atoms. The third-order valence-electron chi connectivity index (χ3n) is 4.96. The molecular formula is C20H27NO2Si2. The fourth-order valence-corrected chi connectivity index (χ4v) is 12.2. The van der Waals surface area contributed by atoms with Crippen LogP contribution in [0.4, 0.5) is 0 Å². The van der Waals surface area contributed by atoms with E-state index in [1.807, 2.05) is 30.5 Å². The van der Waals surface area contributed by atoms with Gasteiger partial charge in [-0.25, -0.2) is 0 Å². The normalized spacial score (nSPS) is 19.9. The topological polar surface area (TPSA) is 39.2 Å². The molecule has 5 heteroatoms. The van der Waals surface area contributed by atoms with E-state index in [1.54, 1.807) is 6.20 Å². The minimum atomic E-state index is -1.76. The van der Waals surface area contributed by atoms with E-state index in [1.165, 1.54) is 0 Å². The van der Waals surface area contributed by atoms with Gasteiger partial charge in [-0.3, -0.25) is 9.78 Å². The number of aryl methyl sites for hydroxylation is 2. The number of rotatable bonds is 0. The van der Waals surface area contributed by atoms with Crippen molar-refractivity contribution in [3.8, 4) is 0 Å². The van der Waals surface area contributed by atoms with E-state index in [-0.39, 0.29) is 5.78 Å². The van der Waals surface area contributed by atoms with E-state index in [0.717, 1.165) is 47.2 Å². The molecule has 0 fully saturated rings. The fraction of sp³-hybridized carbons (Fsp3) is 0.400. The van der Waals surface area contributed by atoms with Crippen LogP contribution in [-0.4, -0.2) is 27.4 Å². The van der Waals surface area contributed by atoms with Crippen molar-refractivity contribution in [3.05, 3.63) is 65.0 Å². The number of carbonyl (C=O) groups is 1. The van der Waals surface area contributed by atoms with Gasteiger partial charge >= 0.3 is 0 Å². The van der Waals surface area contributed by atoms with E-state index in [2.05, 4.69) is 37.2 Å². The average Bonchev–Trinajstić information content (AvgIpc) is 2.57. The Balaban J connectivity index is 2.08. The molecule has 0 unspecified atom stereocenters. The lowest BCUT2D eigenvalue weighted by Crippen LogP contribution is -2.45. The maximum atomic E-state index is 13.2. The van der Waals surface area contributed by atoms with Gasteiger partial charge < -0.3 is 4.12 Å². The third kappa shape index (κ3) is 4.34. The molecule has 0 bridgehead atoms. The zero-order valence-electron chi connectivity index (χ0n) is 15.6. The smallest absolute Gasteiger partial charge is 0.193 e. The van der Waals surface area contributed by atoms with E-state index in [9.17, 15) is 4.79 Å². The SMILES string of the molecule is C[Si]1(C)CCc2ccccc2C(=O)c2ccncc2CC[Si](C)(C)O1. The highest BCUT2D eigenvalue weighted by molar-refractivity contribution is 6.84. The lowest BCUT2D eigenvalue weighted by molar-refractivity contribution is 0.103. The Kier molecular flexibility index (Phi) is 5.09. The largest absolute Gasteiger partial charge is 0.455 e. The van der Waals surface area contributed by atoms with Crippen LogP contribution in [0.15, 0.2) is 42.7 Å². The predicted molar refractivity (Wildman–Crippen MR) is 107 cm³/mol. The van der Waals surface area contributed by atoms with Gasteiger partial charge in [-0.15, -0.1) is 0 Å². The van der Waals surface area contributed by atoms with Gasteiger partial charge in [-0.2, -0.15) is 0 Å². The molecular weight excluding hydrogens is 342 g/mol. The molecule has 2 aromatic rings. The fourth-order valence-electron chi connectivity index (χ4n) is 3.67. The monoisotopic (exact) mass is 369 g/mol. The van der Waals surface area contributed by atoms with Crippen molar-refractivity contribution in [2.75, 3.05) is 0 Å². The molecule has 3 rings (SSSR count). The summed E-state index contributed by atoms with van der Waals surface area (Å²) in [7, 11) is -3.51. The molecule has 0 N–H and O–H groups in total. The van der Waals surface area contributed by atoms with Crippen molar-refractivity contribution in [2.24, 2.45) is 0 Å². The number of ketones is 1. The van der Waals surface area contributed by atoms with Crippen LogP contribution in [0.1, 0.15) is 27.0 Å². The highest BCUT2D eigenvalue weighted by Crippen LogP contribution is 2.28. The zero-order chi connectivity index (χ0) is 18.1. The molecule has 25 heavy (non-hydrogen) atoms. The minimum absolute atomic E-state index is 0.133. The molecule has 1 aromatic carbocycles. The second-order valence-electron chi connectivity index (χ2n) is 8.14. The van der Waals surface area contributed by atoms with Gasteiger partial charge in [0.15, 0.2) is 22.4 Å². The molecule has 2 heterocycles. The summed E-state index contributed by atoms with van der Waals surface area (Å²) in [4.78, 5) is 17.5. The molecule has 0 radical (unpaired) electrons. The van der Waals surface area contributed by atoms with Crippen LogP contribution in [0.2, 0.25) is 38.3 Å². The summed E-state index contributed by atoms with van der Waals surface area (Å²) in [5, 5.41) is 0. The Hall–Kier alpha value is -1.57. The quantitative estimate of drug-likeness (QED) is 0.624. The van der Waals surface area contributed by atoms with Gasteiger partial charge in [-0.1, -0.05) is 24.3 Å². The summed E-state index contributed by atoms with van der Waals surface area (Å²) < 4.78 is 6.73. The van der Waals surface area contributed by atoms with Crippen molar-refractivity contribution in [1.29, 1.82) is 0 Å². The highest BCUT2D eigenvalue weighted by Gasteiger charge is 2.33. The van der Waals surface area contributed by atoms with Crippen LogP contribution < -0.4 is 0 Å². The average molecular weight is 370 g/mol. The van der Waals surface area contributed by atoms with Crippen molar-refractivity contribution in [3.63, 3.8) is 0 Å². The van der Waals surface area contributed by atoms with Crippen LogP contribution in [-0.2, 0) is 17.0 Å². The number of aromatic nitrogens is 1. The Morgan fingerprint density at radius 3 is 2.20 bits per heavy atom. The van der Waals surface area contributed by atoms with Gasteiger partial charge in [0.2, 0.25) is 0 Å². The number of pyridine rings is 1. The Morgan fingerprint density at radius 2 is 1.48 bits per heavy atom. The summed E-state index contributed by atoms with van der Waals surface area (Å²) in [6.07, 6.45) is 5.35. The van der Waals surface area contributed by atoms with Crippen LogP contribution in [0.3, 0.4) is 0 Å². The summed E-state index contributed by atoms with van der Waals surface area (Å²) in [6, 6.07) is 12.0. The predicted octanol–water partition coefficient (Wildman–Crippen LogP) is 4.84. The number of carbonyl (C=O) groups excluding carboxylic acids is 1. The van der Waals surface area contributed by atoms with Gasteiger partial charge in [-0.05, 0) is 68.3 Å². The molecule has 0 aliphatic carbocycles. The first-order valence-electron chi connectivity index (χ1n) is 9.03. The van der Waals surface area contributed by atoms with Crippen molar-refractivity contribution < 1.29 is 8.91 Å². The van der Waals surface area contributed by atoms with Crippen molar-refractivity contribution in [2.45, 2.75) is 51.1 Å². The van der Waals surface area contributed by atoms with Crippen LogP contribution in [0, 0.1) is 0 Å². The van der Waals surface area contributed by atoms with Crippen molar-refractivity contribution in [1.82, 2.24) is 4.98 Å². The second-order valence-corrected chi connectivity index (χ2v) is 17.0. The standard InChI is InChI=1S/C20H27NO2Si2/c1-24(2)13-10-16-7-5-6-8-18(16)20(22)19-9-12-21-15-17(19)11-14-25(3,4)23-24/h5-9,12,15H,10-11,13-14H2,1-4H3. The van der Waals surface area contributed by atoms with Crippen LogP contribution in [0.5, 0.6) is 0 Å². The maximum absolute atomic E-state index is 13.2. The van der Waals surface area contributed by atoms with Gasteiger partial charge in [0, 0.05) is 23.5 Å². The van der Waals surface area contributed by atoms with Crippen LogP contribution in [0.25, 0.3) is 0 Å². The molecule has 1 aliphatic heterocycles. The number of benzene rings is 1. The molecule has 0 saturated carbocycles. The van der Waals surface area contributed by atoms with Gasteiger partial charge in [0.25, 0.3) is 0 Å². The molecule has 0 amide bonds. The van der Waals surface area contributed by atoms with E-state index in [4.69, 9.17) is 4.12 Å². The first kappa shape index (κ1) is 18.2. The van der Waals surface area contributed by atoms with E-state index >= 15 is 0 Å². The lowest BCUT2D eigenvalue weighted by atomic mass is 9.94. The number of hydrogen-bond acceptors (Lipinski definition) is 3. The number of nitrogens with zero attached hydrogens (tertiary/aromatic N) is 1. The molecule has 132 valence electrons. The molecule has 0 atom stereocenters. The first-order valence-corrected chi connectivity index (χ1v) is 15.3. The van der Waals surface area contributed by atoms with E-state index in [0.29, 0.717) is 0 Å². The van der Waals surface area contributed by atoms with Gasteiger partial charge in [0.1, 0.15) is 0 Å². The lowest BCUT2D eigenvalue weighted by Gasteiger charge is -2.34. The third-order valence-corrected chi connectivity index (χ3v) is 12.3. The maximum Gasteiger partial charge on any atom is 0.193 e. The summed E-state index contributed by atoms with van der Waals surface area (Å²) >= 11 is 0.